The number of amides is 3. The Hall–Kier alpha value is -2.21. The number of carbonyl (C=O) groups excluding carboxylic acids is 4. The molecule has 1 aliphatic heterocycles. The Labute approximate surface area is 183 Å². The molecule has 3 unspecified atom stereocenters. The standard InChI is InChI=1S/C20H30F3N3O6/c1-3-14(27)18(31)26-13(9-19(2)5-6-19)17(30)25-12(8-11-4-7-24-16(11)29)15(28)10-32-20(21,22)23/h11-14,27H,3-10H2,1-2H3,(H,24,29)(H,25,30)(H,26,31)/t11?,12?,13?,14-/m1/s1. The zero-order valence-electron chi connectivity index (χ0n) is 18.1. The molecule has 1 heterocycles. The van der Waals surface area contributed by atoms with E-state index in [4.69, 9.17) is 0 Å². The van der Waals surface area contributed by atoms with Gasteiger partial charge in [-0.1, -0.05) is 13.8 Å². The summed E-state index contributed by atoms with van der Waals surface area (Å²) in [7, 11) is 0. The van der Waals surface area contributed by atoms with Gasteiger partial charge in [-0.25, -0.2) is 0 Å². The van der Waals surface area contributed by atoms with Crippen LogP contribution in [0.2, 0.25) is 0 Å². The molecule has 1 aliphatic carbocycles. The fourth-order valence-corrected chi connectivity index (χ4v) is 3.52. The van der Waals surface area contributed by atoms with Gasteiger partial charge in [0.25, 0.3) is 0 Å². The fourth-order valence-electron chi connectivity index (χ4n) is 3.52. The van der Waals surface area contributed by atoms with Crippen LogP contribution in [0.15, 0.2) is 0 Å². The summed E-state index contributed by atoms with van der Waals surface area (Å²) in [4.78, 5) is 49.4. The minimum absolute atomic E-state index is 0.129. The van der Waals surface area contributed by atoms with Crippen molar-refractivity contribution in [1.29, 1.82) is 0 Å². The molecule has 0 aromatic carbocycles. The number of Topliss-reactive ketones (excluding diaryl/α,β-unsaturated/α-hetero) is 1. The maximum absolute atomic E-state index is 12.9. The molecule has 182 valence electrons. The summed E-state index contributed by atoms with van der Waals surface area (Å²) in [5, 5.41) is 17.2. The SMILES string of the molecule is CC[C@@H](O)C(=O)NC(CC1(C)CC1)C(=O)NC(CC1CCNC1=O)C(=O)COC(F)(F)F. The Morgan fingerprint density at radius 2 is 1.84 bits per heavy atom. The van der Waals surface area contributed by atoms with E-state index in [9.17, 15) is 37.5 Å². The lowest BCUT2D eigenvalue weighted by molar-refractivity contribution is -0.321. The van der Waals surface area contributed by atoms with Gasteiger partial charge in [0.1, 0.15) is 18.8 Å². The van der Waals surface area contributed by atoms with E-state index in [1.54, 1.807) is 6.92 Å². The summed E-state index contributed by atoms with van der Waals surface area (Å²) in [6, 6.07) is -2.49. The smallest absolute Gasteiger partial charge is 0.383 e. The average molecular weight is 465 g/mol. The van der Waals surface area contributed by atoms with Gasteiger partial charge in [0.2, 0.25) is 17.7 Å². The first-order valence-electron chi connectivity index (χ1n) is 10.6. The number of aliphatic hydroxyl groups is 1. The average Bonchev–Trinajstić information content (AvgIpc) is 3.31. The van der Waals surface area contributed by atoms with Crippen LogP contribution in [0.5, 0.6) is 0 Å². The molecule has 0 radical (unpaired) electrons. The highest BCUT2D eigenvalue weighted by atomic mass is 19.4. The number of hydrogen-bond acceptors (Lipinski definition) is 6. The van der Waals surface area contributed by atoms with Crippen LogP contribution >= 0.6 is 0 Å². The number of halogens is 3. The van der Waals surface area contributed by atoms with Gasteiger partial charge in [-0.3, -0.25) is 23.9 Å². The van der Waals surface area contributed by atoms with Crippen molar-refractivity contribution in [3.05, 3.63) is 0 Å². The highest BCUT2D eigenvalue weighted by Crippen LogP contribution is 2.48. The Kier molecular flexibility index (Phi) is 8.63. The zero-order valence-corrected chi connectivity index (χ0v) is 18.1. The molecule has 0 aromatic heterocycles. The van der Waals surface area contributed by atoms with E-state index in [1.807, 2.05) is 6.92 Å². The van der Waals surface area contributed by atoms with Crippen molar-refractivity contribution in [2.75, 3.05) is 13.2 Å². The van der Waals surface area contributed by atoms with Crippen LogP contribution in [-0.4, -0.2) is 66.3 Å². The molecule has 0 aromatic rings. The summed E-state index contributed by atoms with van der Waals surface area (Å²) < 4.78 is 40.8. The number of ether oxygens (including phenoxy) is 1. The maximum atomic E-state index is 12.9. The second-order valence-electron chi connectivity index (χ2n) is 8.77. The van der Waals surface area contributed by atoms with Crippen LogP contribution in [0.3, 0.4) is 0 Å². The van der Waals surface area contributed by atoms with Gasteiger partial charge < -0.3 is 21.1 Å². The largest absolute Gasteiger partial charge is 0.522 e. The third kappa shape index (κ3) is 8.05. The molecular formula is C20H30F3N3O6. The van der Waals surface area contributed by atoms with Crippen molar-refractivity contribution < 1.29 is 42.2 Å². The molecule has 32 heavy (non-hydrogen) atoms. The highest BCUT2D eigenvalue weighted by molar-refractivity contribution is 5.94. The Bertz CT molecular complexity index is 726. The highest BCUT2D eigenvalue weighted by Gasteiger charge is 2.43. The number of aliphatic hydroxyl groups excluding tert-OH is 1. The van der Waals surface area contributed by atoms with Gasteiger partial charge in [-0.15, -0.1) is 13.2 Å². The van der Waals surface area contributed by atoms with Crippen molar-refractivity contribution in [2.45, 2.75) is 76.9 Å². The van der Waals surface area contributed by atoms with E-state index in [0.29, 0.717) is 13.0 Å². The number of hydrogen-bond donors (Lipinski definition) is 4. The predicted molar refractivity (Wildman–Crippen MR) is 105 cm³/mol. The number of nitrogens with one attached hydrogen (secondary N) is 3. The van der Waals surface area contributed by atoms with Gasteiger partial charge in [0.05, 0.1) is 6.04 Å². The van der Waals surface area contributed by atoms with Gasteiger partial charge in [0.15, 0.2) is 5.78 Å². The lowest BCUT2D eigenvalue weighted by Gasteiger charge is -2.26. The van der Waals surface area contributed by atoms with E-state index in [-0.39, 0.29) is 30.6 Å². The van der Waals surface area contributed by atoms with Crippen molar-refractivity contribution in [2.24, 2.45) is 11.3 Å². The predicted octanol–water partition coefficient (Wildman–Crippen LogP) is 0.549. The molecule has 12 heteroatoms. The molecule has 2 aliphatic rings. The molecule has 2 fully saturated rings. The second kappa shape index (κ2) is 10.6. The van der Waals surface area contributed by atoms with Crippen LogP contribution < -0.4 is 16.0 Å². The molecule has 0 spiro atoms. The third-order valence-corrected chi connectivity index (χ3v) is 5.89. The normalized spacial score (nSPS) is 22.4. The molecule has 1 saturated carbocycles. The first kappa shape index (κ1) is 26.0. The van der Waals surface area contributed by atoms with Crippen molar-refractivity contribution in [1.82, 2.24) is 16.0 Å². The second-order valence-corrected chi connectivity index (χ2v) is 8.77. The van der Waals surface area contributed by atoms with Crippen molar-refractivity contribution in [3.63, 3.8) is 0 Å². The lowest BCUT2D eigenvalue weighted by Crippen LogP contribution is -2.54. The van der Waals surface area contributed by atoms with Crippen LogP contribution in [0.25, 0.3) is 0 Å². The number of alkyl halides is 3. The Balaban J connectivity index is 2.12. The first-order valence-corrected chi connectivity index (χ1v) is 10.6. The molecular weight excluding hydrogens is 435 g/mol. The molecule has 2 rings (SSSR count). The summed E-state index contributed by atoms with van der Waals surface area (Å²) in [6.07, 6.45) is -4.14. The minimum atomic E-state index is -5.03. The maximum Gasteiger partial charge on any atom is 0.522 e. The molecule has 1 saturated heterocycles. The molecule has 3 amide bonds. The third-order valence-electron chi connectivity index (χ3n) is 5.89. The van der Waals surface area contributed by atoms with Crippen LogP contribution in [-0.2, 0) is 23.9 Å². The number of ketones is 1. The van der Waals surface area contributed by atoms with Crippen LogP contribution in [0.1, 0.15) is 52.4 Å². The molecule has 4 N–H and O–H groups in total. The van der Waals surface area contributed by atoms with E-state index in [1.165, 1.54) is 0 Å². The topological polar surface area (TPSA) is 134 Å². The lowest BCUT2D eigenvalue weighted by atomic mass is 9.94. The quantitative estimate of drug-likeness (QED) is 0.333. The zero-order chi connectivity index (χ0) is 24.1. The molecule has 9 nitrogen and oxygen atoms in total. The summed E-state index contributed by atoms with van der Waals surface area (Å²) in [5.41, 5.74) is -0.198. The number of carbonyl (C=O) groups is 4. The van der Waals surface area contributed by atoms with E-state index < -0.39 is 54.7 Å². The van der Waals surface area contributed by atoms with E-state index >= 15 is 0 Å². The van der Waals surface area contributed by atoms with E-state index in [2.05, 4.69) is 20.7 Å². The number of rotatable bonds is 12. The van der Waals surface area contributed by atoms with Gasteiger partial charge >= 0.3 is 6.36 Å². The Morgan fingerprint density at radius 3 is 2.34 bits per heavy atom. The summed E-state index contributed by atoms with van der Waals surface area (Å²) in [5.74, 6) is -3.55. The first-order chi connectivity index (χ1) is 14.8. The van der Waals surface area contributed by atoms with Crippen molar-refractivity contribution in [3.8, 4) is 0 Å². The Morgan fingerprint density at radius 1 is 1.22 bits per heavy atom. The van der Waals surface area contributed by atoms with Gasteiger partial charge in [0, 0.05) is 12.5 Å². The van der Waals surface area contributed by atoms with Gasteiger partial charge in [-0.05, 0) is 43.9 Å². The fraction of sp³-hybridized carbons (Fsp3) is 0.800. The van der Waals surface area contributed by atoms with Gasteiger partial charge in [-0.2, -0.15) is 0 Å². The van der Waals surface area contributed by atoms with Crippen LogP contribution in [0.4, 0.5) is 13.2 Å². The monoisotopic (exact) mass is 465 g/mol. The molecule has 0 bridgehead atoms. The van der Waals surface area contributed by atoms with E-state index in [0.717, 1.165) is 12.8 Å². The summed E-state index contributed by atoms with van der Waals surface area (Å²) in [6.45, 7) is 2.55. The minimum Gasteiger partial charge on any atom is -0.383 e. The summed E-state index contributed by atoms with van der Waals surface area (Å²) >= 11 is 0. The van der Waals surface area contributed by atoms with Crippen LogP contribution in [0, 0.1) is 11.3 Å². The molecule has 4 atom stereocenters. The van der Waals surface area contributed by atoms with Crippen molar-refractivity contribution >= 4 is 23.5 Å².